The molecule has 7 nitrogen and oxygen atoms in total. The van der Waals surface area contributed by atoms with Crippen LogP contribution in [0.2, 0.25) is 0 Å². The highest BCUT2D eigenvalue weighted by Gasteiger charge is 2.18. The maximum atomic E-state index is 12.8. The van der Waals surface area contributed by atoms with Crippen molar-refractivity contribution in [3.63, 3.8) is 0 Å². The Morgan fingerprint density at radius 2 is 1.79 bits per heavy atom. The van der Waals surface area contributed by atoms with Gasteiger partial charge in [0, 0.05) is 43.7 Å². The van der Waals surface area contributed by atoms with E-state index in [-0.39, 0.29) is 5.91 Å². The van der Waals surface area contributed by atoms with Crippen LogP contribution in [0.3, 0.4) is 0 Å². The van der Waals surface area contributed by atoms with Crippen molar-refractivity contribution in [2.45, 2.75) is 6.54 Å². The summed E-state index contributed by atoms with van der Waals surface area (Å²) in [7, 11) is 0. The fourth-order valence-electron chi connectivity index (χ4n) is 3.00. The second kappa shape index (κ2) is 8.58. The second-order valence-corrected chi connectivity index (χ2v) is 6.44. The quantitative estimate of drug-likeness (QED) is 0.737. The molecule has 1 aromatic carbocycles. The van der Waals surface area contributed by atoms with Crippen LogP contribution in [-0.2, 0) is 11.3 Å². The van der Waals surface area contributed by atoms with Crippen molar-refractivity contribution in [1.82, 2.24) is 20.3 Å². The third-order valence-electron chi connectivity index (χ3n) is 4.51. The smallest absolute Gasteiger partial charge is 0.270 e. The highest BCUT2D eigenvalue weighted by Crippen LogP contribution is 2.21. The molecule has 142 valence electrons. The van der Waals surface area contributed by atoms with Crippen molar-refractivity contribution >= 4 is 11.7 Å². The van der Waals surface area contributed by atoms with Crippen LogP contribution in [0, 0.1) is 0 Å². The van der Waals surface area contributed by atoms with Crippen molar-refractivity contribution in [3.05, 3.63) is 72.2 Å². The van der Waals surface area contributed by atoms with Gasteiger partial charge in [0.2, 0.25) is 0 Å². The summed E-state index contributed by atoms with van der Waals surface area (Å²) in [6.07, 6.45) is 3.41. The van der Waals surface area contributed by atoms with Crippen LogP contribution in [0.15, 0.2) is 60.9 Å². The van der Waals surface area contributed by atoms with Crippen molar-refractivity contribution in [3.8, 4) is 11.4 Å². The first-order valence-electron chi connectivity index (χ1n) is 9.24. The highest BCUT2D eigenvalue weighted by molar-refractivity contribution is 5.93. The Labute approximate surface area is 163 Å². The monoisotopic (exact) mass is 375 g/mol. The van der Waals surface area contributed by atoms with Gasteiger partial charge < -0.3 is 15.0 Å². The SMILES string of the molecule is O=C(NCc1ccncc1)c1cc(N2CCOCC2)nc(-c2ccccc2)n1. The number of carbonyl (C=O) groups excluding carboxylic acids is 1. The van der Waals surface area contributed by atoms with E-state index >= 15 is 0 Å². The molecule has 0 spiro atoms. The normalized spacial score (nSPS) is 13.9. The number of benzene rings is 1. The highest BCUT2D eigenvalue weighted by atomic mass is 16.5. The number of amides is 1. The zero-order chi connectivity index (χ0) is 19.2. The molecule has 1 saturated heterocycles. The van der Waals surface area contributed by atoms with Gasteiger partial charge in [-0.25, -0.2) is 9.97 Å². The van der Waals surface area contributed by atoms with E-state index in [1.807, 2.05) is 42.5 Å². The molecule has 0 aliphatic carbocycles. The number of pyridine rings is 1. The minimum absolute atomic E-state index is 0.231. The zero-order valence-electron chi connectivity index (χ0n) is 15.4. The molecule has 2 aromatic heterocycles. The van der Waals surface area contributed by atoms with Gasteiger partial charge in [-0.05, 0) is 17.7 Å². The van der Waals surface area contributed by atoms with Gasteiger partial charge in [0.05, 0.1) is 13.2 Å². The summed E-state index contributed by atoms with van der Waals surface area (Å²) in [5.74, 6) is 1.05. The van der Waals surface area contributed by atoms with Crippen LogP contribution in [0.25, 0.3) is 11.4 Å². The Morgan fingerprint density at radius 1 is 1.04 bits per heavy atom. The molecule has 1 aliphatic rings. The van der Waals surface area contributed by atoms with Crippen molar-refractivity contribution in [1.29, 1.82) is 0 Å². The fourth-order valence-corrected chi connectivity index (χ4v) is 3.00. The van der Waals surface area contributed by atoms with Gasteiger partial charge in [0.1, 0.15) is 11.5 Å². The van der Waals surface area contributed by atoms with Gasteiger partial charge in [0.15, 0.2) is 5.82 Å². The lowest BCUT2D eigenvalue weighted by molar-refractivity contribution is 0.0946. The van der Waals surface area contributed by atoms with Gasteiger partial charge in [0.25, 0.3) is 5.91 Å². The minimum atomic E-state index is -0.231. The number of ether oxygens (including phenoxy) is 1. The molecular weight excluding hydrogens is 354 g/mol. The van der Waals surface area contributed by atoms with Crippen LogP contribution in [0.4, 0.5) is 5.82 Å². The largest absolute Gasteiger partial charge is 0.378 e. The van der Waals surface area contributed by atoms with Gasteiger partial charge >= 0.3 is 0 Å². The van der Waals surface area contributed by atoms with Crippen LogP contribution in [-0.4, -0.2) is 47.2 Å². The number of carbonyl (C=O) groups is 1. The van der Waals surface area contributed by atoms with E-state index in [4.69, 9.17) is 9.72 Å². The topological polar surface area (TPSA) is 80.2 Å². The summed E-state index contributed by atoms with van der Waals surface area (Å²) in [4.78, 5) is 28.1. The number of aromatic nitrogens is 3. The lowest BCUT2D eigenvalue weighted by atomic mass is 10.2. The van der Waals surface area contributed by atoms with Crippen LogP contribution in [0.1, 0.15) is 16.1 Å². The van der Waals surface area contributed by atoms with E-state index in [1.54, 1.807) is 18.5 Å². The Kier molecular flexibility index (Phi) is 5.53. The fraction of sp³-hybridized carbons (Fsp3) is 0.238. The number of rotatable bonds is 5. The summed E-state index contributed by atoms with van der Waals surface area (Å²) >= 11 is 0. The lowest BCUT2D eigenvalue weighted by Gasteiger charge is -2.28. The van der Waals surface area contributed by atoms with Crippen molar-refractivity contribution in [2.24, 2.45) is 0 Å². The maximum Gasteiger partial charge on any atom is 0.270 e. The number of morpholine rings is 1. The molecule has 0 atom stereocenters. The molecular formula is C21H21N5O2. The van der Waals surface area contributed by atoms with Gasteiger partial charge in [-0.2, -0.15) is 0 Å². The molecule has 1 N–H and O–H groups in total. The zero-order valence-corrected chi connectivity index (χ0v) is 15.4. The van der Waals surface area contributed by atoms with Gasteiger partial charge in [-0.3, -0.25) is 9.78 Å². The van der Waals surface area contributed by atoms with Crippen molar-refractivity contribution < 1.29 is 9.53 Å². The molecule has 4 rings (SSSR count). The maximum absolute atomic E-state index is 12.8. The predicted molar refractivity (Wildman–Crippen MR) is 106 cm³/mol. The molecule has 1 aliphatic heterocycles. The first kappa shape index (κ1) is 18.1. The molecule has 0 saturated carbocycles. The summed E-state index contributed by atoms with van der Waals surface area (Å²) in [6.45, 7) is 3.19. The Bertz CT molecular complexity index is 928. The van der Waals surface area contributed by atoms with Crippen LogP contribution < -0.4 is 10.2 Å². The van der Waals surface area contributed by atoms with E-state index in [0.29, 0.717) is 31.3 Å². The molecule has 0 bridgehead atoms. The van der Waals surface area contributed by atoms with E-state index in [9.17, 15) is 4.79 Å². The third kappa shape index (κ3) is 4.32. The molecule has 28 heavy (non-hydrogen) atoms. The molecule has 0 radical (unpaired) electrons. The minimum Gasteiger partial charge on any atom is -0.378 e. The summed E-state index contributed by atoms with van der Waals surface area (Å²) in [5.41, 5.74) is 2.21. The average Bonchev–Trinajstić information content (AvgIpc) is 2.79. The third-order valence-corrected chi connectivity index (χ3v) is 4.51. The Hall–Kier alpha value is -3.32. The Morgan fingerprint density at radius 3 is 2.54 bits per heavy atom. The molecule has 1 amide bonds. The average molecular weight is 375 g/mol. The van der Waals surface area contributed by atoms with Gasteiger partial charge in [-0.15, -0.1) is 0 Å². The molecule has 1 fully saturated rings. The molecule has 7 heteroatoms. The first-order valence-corrected chi connectivity index (χ1v) is 9.24. The van der Waals surface area contributed by atoms with Crippen LogP contribution in [0.5, 0.6) is 0 Å². The van der Waals surface area contributed by atoms with E-state index < -0.39 is 0 Å². The summed E-state index contributed by atoms with van der Waals surface area (Å²) < 4.78 is 5.43. The standard InChI is InChI=1S/C21H21N5O2/c27-21(23-15-16-6-8-22-9-7-16)18-14-19(26-10-12-28-13-11-26)25-20(24-18)17-4-2-1-3-5-17/h1-9,14H,10-13,15H2,(H,23,27). The summed E-state index contributed by atoms with van der Waals surface area (Å²) in [5, 5.41) is 2.92. The van der Waals surface area contributed by atoms with E-state index in [0.717, 1.165) is 30.0 Å². The van der Waals surface area contributed by atoms with Crippen LogP contribution >= 0.6 is 0 Å². The van der Waals surface area contributed by atoms with E-state index in [1.165, 1.54) is 0 Å². The molecule has 0 unspecified atom stereocenters. The number of anilines is 1. The number of nitrogens with zero attached hydrogens (tertiary/aromatic N) is 4. The predicted octanol–water partition coefficient (Wildman–Crippen LogP) is 2.31. The number of hydrogen-bond acceptors (Lipinski definition) is 6. The summed E-state index contributed by atoms with van der Waals surface area (Å²) in [6, 6.07) is 15.2. The van der Waals surface area contributed by atoms with Gasteiger partial charge in [-0.1, -0.05) is 30.3 Å². The first-order chi connectivity index (χ1) is 13.8. The van der Waals surface area contributed by atoms with E-state index in [2.05, 4.69) is 20.2 Å². The van der Waals surface area contributed by atoms with Crippen molar-refractivity contribution in [2.75, 3.05) is 31.2 Å². The molecule has 3 heterocycles. The Balaban J connectivity index is 1.62. The second-order valence-electron chi connectivity index (χ2n) is 6.44. The molecule has 3 aromatic rings. The number of nitrogens with one attached hydrogen (secondary N) is 1. The lowest BCUT2D eigenvalue weighted by Crippen LogP contribution is -2.37. The number of hydrogen-bond donors (Lipinski definition) is 1.